The van der Waals surface area contributed by atoms with Gasteiger partial charge in [-0.05, 0) is 6.07 Å². The molecule has 2 heterocycles. The average Bonchev–Trinajstić information content (AvgIpc) is 3.09. The summed E-state index contributed by atoms with van der Waals surface area (Å²) in [6.07, 6.45) is 1.79. The van der Waals surface area contributed by atoms with Gasteiger partial charge in [0.25, 0.3) is 5.69 Å². The van der Waals surface area contributed by atoms with Gasteiger partial charge in [0, 0.05) is 49.9 Å². The van der Waals surface area contributed by atoms with Gasteiger partial charge >= 0.3 is 0 Å². The molecule has 0 amide bonds. The first-order valence-corrected chi connectivity index (χ1v) is 7.65. The molecule has 22 heavy (non-hydrogen) atoms. The largest absolute Gasteiger partial charge is 0.367 e. The normalized spacial score (nSPS) is 14.7. The second-order valence-electron chi connectivity index (χ2n) is 4.86. The van der Waals surface area contributed by atoms with Crippen LogP contribution in [-0.2, 0) is 0 Å². The zero-order valence-electron chi connectivity index (χ0n) is 11.7. The fourth-order valence-electron chi connectivity index (χ4n) is 2.51. The molecular weight excluding hydrogens is 302 g/mol. The number of nitro groups is 1. The molecule has 0 aliphatic carbocycles. The van der Waals surface area contributed by atoms with Gasteiger partial charge in [-0.3, -0.25) is 10.1 Å². The molecule has 0 atom stereocenters. The van der Waals surface area contributed by atoms with Crippen molar-refractivity contribution in [1.29, 1.82) is 5.26 Å². The summed E-state index contributed by atoms with van der Waals surface area (Å²) < 4.78 is 0. The maximum absolute atomic E-state index is 10.8. The van der Waals surface area contributed by atoms with Crippen LogP contribution < -0.4 is 9.80 Å². The fourth-order valence-corrected chi connectivity index (χ4v) is 3.21. The maximum Gasteiger partial charge on any atom is 0.270 e. The molecule has 1 aliphatic heterocycles. The Balaban J connectivity index is 1.76. The summed E-state index contributed by atoms with van der Waals surface area (Å²) in [6, 6.07) is 6.50. The van der Waals surface area contributed by atoms with Gasteiger partial charge in [-0.15, -0.1) is 11.3 Å². The lowest BCUT2D eigenvalue weighted by molar-refractivity contribution is -0.384. The quantitative estimate of drug-likeness (QED) is 0.638. The number of aromatic nitrogens is 1. The lowest BCUT2D eigenvalue weighted by Gasteiger charge is -2.36. The zero-order valence-corrected chi connectivity index (χ0v) is 12.5. The minimum atomic E-state index is -0.481. The van der Waals surface area contributed by atoms with Gasteiger partial charge in [-0.1, -0.05) is 0 Å². The highest BCUT2D eigenvalue weighted by molar-refractivity contribution is 7.13. The fraction of sp³-hybridized carbons (Fsp3) is 0.286. The van der Waals surface area contributed by atoms with Gasteiger partial charge in [0.05, 0.1) is 16.2 Å². The van der Waals surface area contributed by atoms with Crippen LogP contribution in [0.4, 0.5) is 16.5 Å². The molecule has 8 heteroatoms. The number of thiazole rings is 1. The number of anilines is 2. The summed E-state index contributed by atoms with van der Waals surface area (Å²) in [6.45, 7) is 3.14. The van der Waals surface area contributed by atoms with Crippen molar-refractivity contribution < 1.29 is 4.92 Å². The van der Waals surface area contributed by atoms with Gasteiger partial charge in [-0.2, -0.15) is 5.26 Å². The minimum Gasteiger partial charge on any atom is -0.367 e. The second kappa shape index (κ2) is 5.99. The molecule has 1 aromatic carbocycles. The molecule has 2 aromatic rings. The summed E-state index contributed by atoms with van der Waals surface area (Å²) in [5, 5.41) is 23.0. The Morgan fingerprint density at radius 1 is 1.27 bits per heavy atom. The van der Waals surface area contributed by atoms with Crippen molar-refractivity contribution in [3.8, 4) is 6.07 Å². The van der Waals surface area contributed by atoms with Crippen LogP contribution in [0.1, 0.15) is 5.56 Å². The Bertz CT molecular complexity index is 717. The molecule has 0 radical (unpaired) electrons. The highest BCUT2D eigenvalue weighted by Crippen LogP contribution is 2.27. The number of nitrogens with zero attached hydrogens (tertiary/aromatic N) is 5. The number of hydrogen-bond acceptors (Lipinski definition) is 7. The summed E-state index contributed by atoms with van der Waals surface area (Å²) in [5.41, 5.74) is 1.05. The average molecular weight is 315 g/mol. The first kappa shape index (κ1) is 14.3. The molecule has 1 saturated heterocycles. The van der Waals surface area contributed by atoms with E-state index in [2.05, 4.69) is 20.9 Å². The van der Waals surface area contributed by atoms with E-state index in [0.717, 1.165) is 37.0 Å². The van der Waals surface area contributed by atoms with Crippen molar-refractivity contribution in [2.24, 2.45) is 0 Å². The van der Waals surface area contributed by atoms with Gasteiger partial charge in [0.15, 0.2) is 5.13 Å². The molecule has 1 aliphatic rings. The molecule has 1 fully saturated rings. The second-order valence-corrected chi connectivity index (χ2v) is 5.73. The molecule has 0 spiro atoms. The lowest BCUT2D eigenvalue weighted by Crippen LogP contribution is -2.46. The first-order valence-electron chi connectivity index (χ1n) is 6.77. The Kier molecular flexibility index (Phi) is 3.89. The Labute approximate surface area is 131 Å². The topological polar surface area (TPSA) is 86.3 Å². The monoisotopic (exact) mass is 315 g/mol. The number of nitro benzene ring substituents is 1. The number of hydrogen-bond donors (Lipinski definition) is 0. The molecule has 0 bridgehead atoms. The standard InChI is InChI=1S/C14H13N5O2S/c15-10-11-9-12(19(20)21)1-2-13(11)17-4-6-18(7-5-17)14-16-3-8-22-14/h1-3,8-9H,4-7H2. The van der Waals surface area contributed by atoms with E-state index < -0.39 is 4.92 Å². The van der Waals surface area contributed by atoms with Crippen LogP contribution in [0.2, 0.25) is 0 Å². The molecule has 0 unspecified atom stereocenters. The van der Waals surface area contributed by atoms with Gasteiger partial charge < -0.3 is 9.80 Å². The van der Waals surface area contributed by atoms with Crippen LogP contribution in [0, 0.1) is 21.4 Å². The van der Waals surface area contributed by atoms with E-state index >= 15 is 0 Å². The van der Waals surface area contributed by atoms with Crippen LogP contribution in [0.3, 0.4) is 0 Å². The molecule has 3 rings (SSSR count). The van der Waals surface area contributed by atoms with Crippen LogP contribution >= 0.6 is 11.3 Å². The smallest absolute Gasteiger partial charge is 0.270 e. The first-order chi connectivity index (χ1) is 10.7. The van der Waals surface area contributed by atoms with E-state index in [4.69, 9.17) is 0 Å². The van der Waals surface area contributed by atoms with E-state index in [9.17, 15) is 15.4 Å². The molecule has 0 N–H and O–H groups in total. The molecule has 0 saturated carbocycles. The molecular formula is C14H13N5O2S. The van der Waals surface area contributed by atoms with Crippen molar-refractivity contribution in [2.75, 3.05) is 36.0 Å². The van der Waals surface area contributed by atoms with Crippen molar-refractivity contribution >= 4 is 27.8 Å². The maximum atomic E-state index is 10.8. The molecule has 7 nitrogen and oxygen atoms in total. The Hall–Kier alpha value is -2.66. The van der Waals surface area contributed by atoms with Crippen molar-refractivity contribution in [1.82, 2.24) is 4.98 Å². The van der Waals surface area contributed by atoms with Crippen LogP contribution in [0.5, 0.6) is 0 Å². The van der Waals surface area contributed by atoms with E-state index in [1.807, 2.05) is 5.38 Å². The number of nitriles is 1. The van der Waals surface area contributed by atoms with E-state index in [1.165, 1.54) is 12.1 Å². The number of rotatable bonds is 3. The highest BCUT2D eigenvalue weighted by atomic mass is 32.1. The predicted molar refractivity (Wildman–Crippen MR) is 84.4 cm³/mol. The van der Waals surface area contributed by atoms with Crippen LogP contribution in [0.15, 0.2) is 29.8 Å². The predicted octanol–water partition coefficient (Wildman–Crippen LogP) is 2.25. The minimum absolute atomic E-state index is 0.0540. The SMILES string of the molecule is N#Cc1cc([N+](=O)[O-])ccc1N1CCN(c2nccs2)CC1. The highest BCUT2D eigenvalue weighted by Gasteiger charge is 2.22. The molecule has 1 aromatic heterocycles. The van der Waals surface area contributed by atoms with Crippen LogP contribution in [0.25, 0.3) is 0 Å². The third-order valence-electron chi connectivity index (χ3n) is 3.62. The van der Waals surface area contributed by atoms with Gasteiger partial charge in [0.2, 0.25) is 0 Å². The molecule has 112 valence electrons. The van der Waals surface area contributed by atoms with E-state index in [1.54, 1.807) is 23.6 Å². The van der Waals surface area contributed by atoms with Crippen molar-refractivity contribution in [3.63, 3.8) is 0 Å². The zero-order chi connectivity index (χ0) is 15.5. The summed E-state index contributed by atoms with van der Waals surface area (Å²) >= 11 is 1.61. The Morgan fingerprint density at radius 3 is 2.59 bits per heavy atom. The van der Waals surface area contributed by atoms with E-state index in [-0.39, 0.29) is 5.69 Å². The third-order valence-corrected chi connectivity index (χ3v) is 4.45. The van der Waals surface area contributed by atoms with Crippen molar-refractivity contribution in [3.05, 3.63) is 45.5 Å². The third kappa shape index (κ3) is 2.71. The Morgan fingerprint density at radius 2 is 2.00 bits per heavy atom. The lowest BCUT2D eigenvalue weighted by atomic mass is 10.1. The van der Waals surface area contributed by atoms with Gasteiger partial charge in [0.1, 0.15) is 6.07 Å². The van der Waals surface area contributed by atoms with Crippen LogP contribution in [-0.4, -0.2) is 36.1 Å². The summed E-state index contributed by atoms with van der Waals surface area (Å²) in [7, 11) is 0. The van der Waals surface area contributed by atoms with Crippen molar-refractivity contribution in [2.45, 2.75) is 0 Å². The number of non-ortho nitro benzene ring substituents is 1. The number of piperazine rings is 1. The summed E-state index contributed by atoms with van der Waals surface area (Å²) in [4.78, 5) is 18.9. The van der Waals surface area contributed by atoms with Gasteiger partial charge in [-0.25, -0.2) is 4.98 Å². The number of benzene rings is 1. The summed E-state index contributed by atoms with van der Waals surface area (Å²) in [5.74, 6) is 0. The van der Waals surface area contributed by atoms with E-state index in [0.29, 0.717) is 5.56 Å².